The van der Waals surface area contributed by atoms with E-state index in [0.717, 1.165) is 47.3 Å². The van der Waals surface area contributed by atoms with Crippen LogP contribution in [0.4, 0.5) is 5.00 Å². The Morgan fingerprint density at radius 2 is 1.94 bits per heavy atom. The summed E-state index contributed by atoms with van der Waals surface area (Å²) in [4.78, 5) is 14.1. The van der Waals surface area contributed by atoms with Crippen LogP contribution in [-0.2, 0) is 24.2 Å². The standard InChI is InChI=1S/C28H24ClN3O3S/c1-17-7-9-18(10-8-17)16-35-26-23(29)12-19(13-24(26)34-2)11-20(14-30)27(33)32-28-22(15-31)21-5-3-4-6-25(21)36-28/h7-13H,3-6,16H2,1-2H3,(H,32,33)/b20-11+. The van der Waals surface area contributed by atoms with Crippen molar-refractivity contribution in [3.8, 4) is 23.6 Å². The summed E-state index contributed by atoms with van der Waals surface area (Å²) in [5.41, 5.74) is 4.06. The van der Waals surface area contributed by atoms with Gasteiger partial charge in [-0.05, 0) is 67.5 Å². The number of carbonyl (C=O) groups is 1. The summed E-state index contributed by atoms with van der Waals surface area (Å²) in [6.07, 6.45) is 5.28. The molecule has 1 aromatic heterocycles. The number of nitriles is 2. The Kier molecular flexibility index (Phi) is 7.95. The highest BCUT2D eigenvalue weighted by Gasteiger charge is 2.23. The maximum absolute atomic E-state index is 12.9. The minimum absolute atomic E-state index is 0.114. The number of halogens is 1. The Bertz CT molecular complexity index is 1410. The first-order chi connectivity index (χ1) is 17.4. The molecule has 36 heavy (non-hydrogen) atoms. The normalized spacial score (nSPS) is 12.8. The lowest BCUT2D eigenvalue weighted by Gasteiger charge is -2.14. The van der Waals surface area contributed by atoms with Crippen molar-refractivity contribution in [2.24, 2.45) is 0 Å². The number of hydrogen-bond donors (Lipinski definition) is 1. The summed E-state index contributed by atoms with van der Waals surface area (Å²) < 4.78 is 11.4. The first kappa shape index (κ1) is 25.3. The van der Waals surface area contributed by atoms with Crippen LogP contribution in [0.1, 0.15) is 45.5 Å². The number of nitrogens with one attached hydrogen (secondary N) is 1. The maximum Gasteiger partial charge on any atom is 0.266 e. The minimum Gasteiger partial charge on any atom is -0.493 e. The molecule has 0 bridgehead atoms. The van der Waals surface area contributed by atoms with Gasteiger partial charge in [-0.3, -0.25) is 4.79 Å². The molecule has 1 aliphatic carbocycles. The van der Waals surface area contributed by atoms with E-state index in [1.807, 2.05) is 37.3 Å². The second kappa shape index (κ2) is 11.3. The first-order valence-electron chi connectivity index (χ1n) is 11.5. The number of ether oxygens (including phenoxy) is 2. The van der Waals surface area contributed by atoms with Gasteiger partial charge in [0.2, 0.25) is 0 Å². The number of anilines is 1. The third-order valence-corrected chi connectivity index (χ3v) is 7.43. The van der Waals surface area contributed by atoms with Crippen molar-refractivity contribution in [1.29, 1.82) is 10.5 Å². The van der Waals surface area contributed by atoms with Crippen LogP contribution < -0.4 is 14.8 Å². The number of carbonyl (C=O) groups excluding carboxylic acids is 1. The van der Waals surface area contributed by atoms with Gasteiger partial charge in [-0.25, -0.2) is 0 Å². The average molecular weight is 518 g/mol. The third-order valence-electron chi connectivity index (χ3n) is 5.94. The van der Waals surface area contributed by atoms with Crippen molar-refractivity contribution < 1.29 is 14.3 Å². The lowest BCUT2D eigenvalue weighted by atomic mass is 9.96. The molecule has 0 saturated carbocycles. The number of aryl methyl sites for hydroxylation is 2. The van der Waals surface area contributed by atoms with E-state index in [1.54, 1.807) is 12.1 Å². The highest BCUT2D eigenvalue weighted by atomic mass is 35.5. The molecular weight excluding hydrogens is 494 g/mol. The lowest BCUT2D eigenvalue weighted by Crippen LogP contribution is -2.13. The minimum atomic E-state index is -0.581. The monoisotopic (exact) mass is 517 g/mol. The summed E-state index contributed by atoms with van der Waals surface area (Å²) in [5, 5.41) is 22.9. The van der Waals surface area contributed by atoms with E-state index in [4.69, 9.17) is 21.1 Å². The Labute approximate surface area is 219 Å². The van der Waals surface area contributed by atoms with Gasteiger partial charge in [-0.2, -0.15) is 10.5 Å². The molecule has 2 aromatic carbocycles. The van der Waals surface area contributed by atoms with Crippen molar-refractivity contribution >= 4 is 39.9 Å². The average Bonchev–Trinajstić information content (AvgIpc) is 3.24. The van der Waals surface area contributed by atoms with Crippen LogP contribution in [0.15, 0.2) is 42.0 Å². The fourth-order valence-electron chi connectivity index (χ4n) is 4.06. The Morgan fingerprint density at radius 3 is 2.64 bits per heavy atom. The topological polar surface area (TPSA) is 95.1 Å². The molecule has 4 rings (SSSR count). The summed E-state index contributed by atoms with van der Waals surface area (Å²) in [6, 6.07) is 15.4. The van der Waals surface area contributed by atoms with Gasteiger partial charge in [0.25, 0.3) is 5.91 Å². The second-order valence-corrected chi connectivity index (χ2v) is 9.97. The molecule has 0 unspecified atom stereocenters. The summed E-state index contributed by atoms with van der Waals surface area (Å²) in [7, 11) is 1.50. The fraction of sp³-hybridized carbons (Fsp3) is 0.250. The van der Waals surface area contributed by atoms with Crippen LogP contribution >= 0.6 is 22.9 Å². The largest absolute Gasteiger partial charge is 0.493 e. The van der Waals surface area contributed by atoms with E-state index >= 15 is 0 Å². The van der Waals surface area contributed by atoms with E-state index in [1.165, 1.54) is 24.5 Å². The zero-order valence-corrected chi connectivity index (χ0v) is 21.6. The number of amides is 1. The van der Waals surface area contributed by atoms with Crippen molar-refractivity contribution in [3.63, 3.8) is 0 Å². The predicted octanol–water partition coefficient (Wildman–Crippen LogP) is 6.59. The number of hydrogen-bond acceptors (Lipinski definition) is 6. The van der Waals surface area contributed by atoms with Crippen LogP contribution in [0, 0.1) is 29.6 Å². The fourth-order valence-corrected chi connectivity index (χ4v) is 5.57. The number of benzene rings is 2. The molecular formula is C28H24ClN3O3S. The van der Waals surface area contributed by atoms with E-state index < -0.39 is 5.91 Å². The second-order valence-electron chi connectivity index (χ2n) is 8.46. The number of rotatable bonds is 7. The van der Waals surface area contributed by atoms with Gasteiger partial charge >= 0.3 is 0 Å². The molecule has 8 heteroatoms. The van der Waals surface area contributed by atoms with Crippen molar-refractivity contribution in [2.45, 2.75) is 39.2 Å². The zero-order valence-electron chi connectivity index (χ0n) is 20.0. The quantitative estimate of drug-likeness (QED) is 0.281. The number of nitrogens with zero attached hydrogens (tertiary/aromatic N) is 2. The third kappa shape index (κ3) is 5.54. The number of fused-ring (bicyclic) bond motifs is 1. The molecule has 1 aliphatic rings. The van der Waals surface area contributed by atoms with Crippen LogP contribution in [-0.4, -0.2) is 13.0 Å². The summed E-state index contributed by atoms with van der Waals surface area (Å²) in [5.74, 6) is 0.182. The zero-order chi connectivity index (χ0) is 25.7. The van der Waals surface area contributed by atoms with Crippen molar-refractivity contribution in [3.05, 3.63) is 79.7 Å². The molecule has 1 heterocycles. The Balaban J connectivity index is 1.55. The van der Waals surface area contributed by atoms with Gasteiger partial charge in [-0.15, -0.1) is 11.3 Å². The molecule has 0 atom stereocenters. The van der Waals surface area contributed by atoms with Gasteiger partial charge in [0.1, 0.15) is 29.3 Å². The first-order valence-corrected chi connectivity index (χ1v) is 12.7. The van der Waals surface area contributed by atoms with E-state index in [0.29, 0.717) is 39.3 Å². The smallest absolute Gasteiger partial charge is 0.266 e. The van der Waals surface area contributed by atoms with Gasteiger partial charge in [0, 0.05) is 4.88 Å². The molecule has 0 spiro atoms. The molecule has 182 valence electrons. The summed E-state index contributed by atoms with van der Waals surface area (Å²) >= 11 is 7.90. The molecule has 0 fully saturated rings. The Hall–Kier alpha value is -3.78. The van der Waals surface area contributed by atoms with Crippen LogP contribution in [0.25, 0.3) is 6.08 Å². The predicted molar refractivity (Wildman–Crippen MR) is 141 cm³/mol. The van der Waals surface area contributed by atoms with Gasteiger partial charge in [-0.1, -0.05) is 41.4 Å². The van der Waals surface area contributed by atoms with Crippen molar-refractivity contribution in [2.75, 3.05) is 12.4 Å². The van der Waals surface area contributed by atoms with E-state index in [2.05, 4.69) is 11.4 Å². The van der Waals surface area contributed by atoms with Gasteiger partial charge in [0.05, 0.1) is 17.7 Å². The van der Waals surface area contributed by atoms with E-state index in [-0.39, 0.29) is 5.57 Å². The highest BCUT2D eigenvalue weighted by molar-refractivity contribution is 7.16. The molecule has 6 nitrogen and oxygen atoms in total. The lowest BCUT2D eigenvalue weighted by molar-refractivity contribution is -0.112. The molecule has 0 aliphatic heterocycles. The van der Waals surface area contributed by atoms with E-state index in [9.17, 15) is 15.3 Å². The number of methoxy groups -OCH3 is 1. The molecule has 3 aromatic rings. The molecule has 1 N–H and O–H groups in total. The SMILES string of the molecule is COc1cc(/C=C(\C#N)C(=O)Nc2sc3c(c2C#N)CCCC3)cc(Cl)c1OCc1ccc(C)cc1. The number of thiophene rings is 1. The van der Waals surface area contributed by atoms with Gasteiger partial charge in [0.15, 0.2) is 11.5 Å². The van der Waals surface area contributed by atoms with Crippen molar-refractivity contribution in [1.82, 2.24) is 0 Å². The Morgan fingerprint density at radius 1 is 1.19 bits per heavy atom. The molecule has 1 amide bonds. The summed E-state index contributed by atoms with van der Waals surface area (Å²) in [6.45, 7) is 2.33. The van der Waals surface area contributed by atoms with Gasteiger partial charge < -0.3 is 14.8 Å². The van der Waals surface area contributed by atoms with Crippen LogP contribution in [0.2, 0.25) is 5.02 Å². The maximum atomic E-state index is 12.9. The molecule has 0 radical (unpaired) electrons. The van der Waals surface area contributed by atoms with Crippen LogP contribution in [0.5, 0.6) is 11.5 Å². The van der Waals surface area contributed by atoms with Crippen LogP contribution in [0.3, 0.4) is 0 Å². The highest BCUT2D eigenvalue weighted by Crippen LogP contribution is 2.39. The molecule has 0 saturated heterocycles.